The number of hydrogen-bond acceptors (Lipinski definition) is 9. The Morgan fingerprint density at radius 1 is 0.949 bits per heavy atom. The van der Waals surface area contributed by atoms with Gasteiger partial charge in [-0.25, -0.2) is 17.2 Å². The van der Waals surface area contributed by atoms with Crippen LogP contribution in [0.15, 0.2) is 127 Å². The Balaban J connectivity index is 0.00000300. The standard InChI is InChI=1S/C39H39ClN6O7PS.2Na.2H2O/c1-2-20-41-24-36(47)46-34(22-27-11-15-32(16-12-27)53-54-50)38(48)44(26-35(46)43-39(49)42-23-28-7-4-3-5-8-28)25-30-10-6-9-29-19-21-45(37(29)30)55(51,52)33-17-13-31(40)14-18-33;;;;/h2-19,21,34-35,41,54H,1,20,22-26H2,(H2,42,43,49);;;2*1H2/q-1;2*+1;;/p-1/t34-,35+;;;;/m0..../s1. The molecular formula is C39H42ClN6Na2O9PS. The minimum absolute atomic E-state index is 0. The number of para-hydroxylation sites is 1. The second kappa shape index (κ2) is 24.2. The number of amides is 4. The van der Waals surface area contributed by atoms with E-state index in [4.69, 9.17) is 16.1 Å². The second-order valence-corrected chi connectivity index (χ2v) is 15.4. The molecule has 20 heteroatoms. The van der Waals surface area contributed by atoms with Crippen molar-refractivity contribution in [3.05, 3.63) is 144 Å². The molecule has 0 radical (unpaired) electrons. The fourth-order valence-electron chi connectivity index (χ4n) is 6.53. The van der Waals surface area contributed by atoms with Gasteiger partial charge in [0.15, 0.2) is 0 Å². The molecular weight excluding hydrogens is 841 g/mol. The maximum absolute atomic E-state index is 14.7. The van der Waals surface area contributed by atoms with Crippen molar-refractivity contribution in [2.45, 2.75) is 36.6 Å². The second-order valence-electron chi connectivity index (χ2n) is 12.7. The van der Waals surface area contributed by atoms with Gasteiger partial charge in [-0.05, 0) is 68.2 Å². The number of rotatable bonds is 15. The third-order valence-corrected chi connectivity index (χ3v) is 11.4. The van der Waals surface area contributed by atoms with E-state index in [2.05, 4.69) is 22.5 Å². The molecule has 6 N–H and O–H groups in total. The Morgan fingerprint density at radius 2 is 1.64 bits per heavy atom. The molecule has 1 aliphatic heterocycles. The number of aromatic nitrogens is 1. The van der Waals surface area contributed by atoms with Crippen LogP contribution in [0.5, 0.6) is 5.75 Å². The van der Waals surface area contributed by atoms with Crippen molar-refractivity contribution in [2.24, 2.45) is 0 Å². The SMILES string of the molecule is C=CCNCC(=O)N1[C@@H](NC(=O)NCc2ccccc2)CN(Cc2cccc3ccn(S(=O)(=O)c4ccc(Cl)cc4)c23)C(=O)[C@@H]1Cc1ccc(OP[O-])cc1.O.[Na+].[Na+].[OH-]. The van der Waals surface area contributed by atoms with E-state index >= 15 is 0 Å². The molecule has 1 fully saturated rings. The van der Waals surface area contributed by atoms with Gasteiger partial charge in [0, 0.05) is 42.7 Å². The fraction of sp³-hybridized carbons (Fsp3) is 0.205. The first-order valence-electron chi connectivity index (χ1n) is 17.3. The van der Waals surface area contributed by atoms with Crippen LogP contribution in [0.4, 0.5) is 4.79 Å². The van der Waals surface area contributed by atoms with Gasteiger partial charge in [-0.2, -0.15) is 0 Å². The summed E-state index contributed by atoms with van der Waals surface area (Å²) in [5, 5.41) is 9.80. The van der Waals surface area contributed by atoms with Crippen LogP contribution in [-0.2, 0) is 39.1 Å². The van der Waals surface area contributed by atoms with Gasteiger partial charge in [0.1, 0.15) is 18.0 Å². The van der Waals surface area contributed by atoms with Crippen molar-refractivity contribution in [2.75, 3.05) is 19.6 Å². The predicted octanol–water partition coefficient (Wildman–Crippen LogP) is -2.83. The average molecular weight is 883 g/mol. The summed E-state index contributed by atoms with van der Waals surface area (Å²) in [6.45, 7) is 3.99. The molecule has 302 valence electrons. The zero-order chi connectivity index (χ0) is 39.0. The predicted molar refractivity (Wildman–Crippen MR) is 215 cm³/mol. The molecule has 1 saturated heterocycles. The van der Waals surface area contributed by atoms with E-state index in [1.165, 1.54) is 44.2 Å². The summed E-state index contributed by atoms with van der Waals surface area (Å²) in [5.74, 6) is -0.461. The topological polar surface area (TPSA) is 227 Å². The molecule has 4 aromatic carbocycles. The van der Waals surface area contributed by atoms with Crippen LogP contribution in [0, 0.1) is 0 Å². The molecule has 6 rings (SSSR count). The van der Waals surface area contributed by atoms with Crippen molar-refractivity contribution in [1.29, 1.82) is 0 Å². The fourth-order valence-corrected chi connectivity index (χ4v) is 8.28. The average Bonchev–Trinajstić information content (AvgIpc) is 3.64. The summed E-state index contributed by atoms with van der Waals surface area (Å²) in [6.07, 6.45) is 2.16. The molecule has 0 aliphatic carbocycles. The van der Waals surface area contributed by atoms with E-state index in [9.17, 15) is 27.7 Å². The monoisotopic (exact) mass is 882 g/mol. The van der Waals surface area contributed by atoms with E-state index in [0.717, 1.165) is 5.56 Å². The number of nitrogens with zero attached hydrogens (tertiary/aromatic N) is 3. The van der Waals surface area contributed by atoms with Crippen LogP contribution < -0.4 is 84.5 Å². The molecule has 0 spiro atoms. The molecule has 1 aromatic heterocycles. The molecule has 5 aromatic rings. The first-order valence-corrected chi connectivity index (χ1v) is 20.0. The third kappa shape index (κ3) is 12.8. The van der Waals surface area contributed by atoms with Crippen LogP contribution >= 0.6 is 20.6 Å². The van der Waals surface area contributed by atoms with Gasteiger partial charge in [-0.1, -0.05) is 78.3 Å². The first kappa shape index (κ1) is 51.8. The van der Waals surface area contributed by atoms with Crippen molar-refractivity contribution in [3.63, 3.8) is 0 Å². The summed E-state index contributed by atoms with van der Waals surface area (Å²) in [4.78, 5) is 56.1. The van der Waals surface area contributed by atoms with E-state index in [0.29, 0.717) is 39.3 Å². The van der Waals surface area contributed by atoms with Gasteiger partial charge in [0.05, 0.1) is 23.5 Å². The van der Waals surface area contributed by atoms with E-state index in [1.54, 1.807) is 54.6 Å². The molecule has 3 atom stereocenters. The van der Waals surface area contributed by atoms with Crippen molar-refractivity contribution in [1.82, 2.24) is 29.7 Å². The van der Waals surface area contributed by atoms with Crippen molar-refractivity contribution >= 4 is 59.4 Å². The normalized spacial score (nSPS) is 15.0. The van der Waals surface area contributed by atoms with Crippen LogP contribution in [-0.4, -0.2) is 82.8 Å². The number of urea groups is 1. The van der Waals surface area contributed by atoms with E-state index < -0.39 is 49.1 Å². The minimum atomic E-state index is -4.07. The Hall–Kier alpha value is -3.32. The largest absolute Gasteiger partial charge is 1.00 e. The molecule has 0 bridgehead atoms. The Labute approximate surface area is 393 Å². The van der Waals surface area contributed by atoms with Crippen molar-refractivity contribution in [3.8, 4) is 5.75 Å². The third-order valence-electron chi connectivity index (χ3n) is 9.11. The maximum Gasteiger partial charge on any atom is 1.00 e. The number of carbonyl (C=O) groups excluding carboxylic acids is 3. The molecule has 1 aliphatic rings. The van der Waals surface area contributed by atoms with Crippen LogP contribution in [0.2, 0.25) is 5.02 Å². The Kier molecular flexibility index (Phi) is 21.3. The van der Waals surface area contributed by atoms with Gasteiger partial charge in [-0.15, -0.1) is 6.58 Å². The molecule has 15 nitrogen and oxygen atoms in total. The number of hydrogen-bond donors (Lipinski definition) is 3. The number of piperazine rings is 1. The number of halogens is 1. The molecule has 2 heterocycles. The van der Waals surface area contributed by atoms with Crippen molar-refractivity contribution < 1.29 is 102 Å². The first-order chi connectivity index (χ1) is 26.6. The molecule has 4 amide bonds. The molecule has 0 saturated carbocycles. The molecule has 1 unspecified atom stereocenters. The minimum Gasteiger partial charge on any atom is -0.870 e. The zero-order valence-corrected chi connectivity index (χ0v) is 39.1. The van der Waals surface area contributed by atoms with Gasteiger partial charge in [0.2, 0.25) is 11.8 Å². The molecule has 59 heavy (non-hydrogen) atoms. The number of fused-ring (bicyclic) bond motifs is 1. The quantitative estimate of drug-likeness (QED) is 0.0426. The summed E-state index contributed by atoms with van der Waals surface area (Å²) in [7, 11) is -5.06. The van der Waals surface area contributed by atoms with Gasteiger partial charge < -0.3 is 46.1 Å². The number of nitrogens with one attached hydrogen (secondary N) is 3. The summed E-state index contributed by atoms with van der Waals surface area (Å²) >= 11 is 6.04. The van der Waals surface area contributed by atoms with Gasteiger partial charge in [-0.3, -0.25) is 9.59 Å². The van der Waals surface area contributed by atoms with Gasteiger partial charge >= 0.3 is 65.1 Å². The van der Waals surface area contributed by atoms with E-state index in [1.807, 2.05) is 30.3 Å². The smallest absolute Gasteiger partial charge is 0.870 e. The summed E-state index contributed by atoms with van der Waals surface area (Å²) in [6, 6.07) is 27.2. The Bertz CT molecular complexity index is 2270. The zero-order valence-electron chi connectivity index (χ0n) is 32.5. The summed E-state index contributed by atoms with van der Waals surface area (Å²) in [5.41, 5.74) is 2.46. The van der Waals surface area contributed by atoms with Gasteiger partial charge in [0.25, 0.3) is 10.0 Å². The van der Waals surface area contributed by atoms with E-state index in [-0.39, 0.29) is 108 Å². The van der Waals surface area contributed by atoms with Crippen LogP contribution in [0.25, 0.3) is 10.9 Å². The summed E-state index contributed by atoms with van der Waals surface area (Å²) < 4.78 is 34.1. The number of carbonyl (C=O) groups is 3. The number of benzene rings is 4. The van der Waals surface area contributed by atoms with Crippen LogP contribution in [0.3, 0.4) is 0 Å². The maximum atomic E-state index is 14.7. The Morgan fingerprint density at radius 3 is 2.31 bits per heavy atom. The van der Waals surface area contributed by atoms with Crippen LogP contribution in [0.1, 0.15) is 16.7 Å².